The first-order valence-corrected chi connectivity index (χ1v) is 10.8. The predicted octanol–water partition coefficient (Wildman–Crippen LogP) is 6.06. The summed E-state index contributed by atoms with van der Waals surface area (Å²) in [5.74, 6) is 0.752. The molecule has 0 saturated carbocycles. The van der Waals surface area contributed by atoms with Gasteiger partial charge in [0.2, 0.25) is 5.13 Å². The molecule has 28 heavy (non-hydrogen) atoms. The second kappa shape index (κ2) is 8.40. The third-order valence-corrected chi connectivity index (χ3v) is 6.74. The molecule has 3 aromatic rings. The van der Waals surface area contributed by atoms with Gasteiger partial charge in [-0.05, 0) is 36.9 Å². The van der Waals surface area contributed by atoms with E-state index in [0.29, 0.717) is 10.7 Å². The topological polar surface area (TPSA) is 47.4 Å². The minimum atomic E-state index is -4.43. The second-order valence-electron chi connectivity index (χ2n) is 5.98. The van der Waals surface area contributed by atoms with Crippen molar-refractivity contribution in [2.75, 3.05) is 13.4 Å². The number of hydrogen-bond donors (Lipinski definition) is 0. The summed E-state index contributed by atoms with van der Waals surface area (Å²) in [5, 5.41) is 2.49. The summed E-state index contributed by atoms with van der Waals surface area (Å²) < 4.78 is 47.9. The number of pyridine rings is 1. The van der Waals surface area contributed by atoms with Gasteiger partial charge in [-0.3, -0.25) is 4.98 Å². The van der Waals surface area contributed by atoms with Gasteiger partial charge in [0.25, 0.3) is 0 Å². The minimum Gasteiger partial charge on any atom is -0.497 e. The smallest absolute Gasteiger partial charge is 0.433 e. The molecular formula is C19H18F3N3OS2. The van der Waals surface area contributed by atoms with Crippen LogP contribution in [-0.4, -0.2) is 23.3 Å². The zero-order chi connectivity index (χ0) is 20.3. The molecule has 3 rings (SSSR count). The number of methoxy groups -OCH3 is 1. The molecule has 0 spiro atoms. The van der Waals surface area contributed by atoms with Crippen molar-refractivity contribution in [3.8, 4) is 17.0 Å². The Morgan fingerprint density at radius 1 is 1.21 bits per heavy atom. The van der Waals surface area contributed by atoms with Gasteiger partial charge in [0.1, 0.15) is 11.4 Å². The number of alkyl halides is 3. The number of rotatable bonds is 5. The SMILES string of the molecule is COc1cccc(-c2csc(N=S(C)C(C)c3ccc(C(F)(F)F)nc3)n2)c1. The highest BCUT2D eigenvalue weighted by Gasteiger charge is 2.32. The number of ether oxygens (including phenoxy) is 1. The summed E-state index contributed by atoms with van der Waals surface area (Å²) in [6, 6.07) is 10.1. The van der Waals surface area contributed by atoms with E-state index in [0.717, 1.165) is 23.1 Å². The van der Waals surface area contributed by atoms with Gasteiger partial charge < -0.3 is 4.74 Å². The normalized spacial score (nSPS) is 14.1. The molecule has 0 radical (unpaired) electrons. The van der Waals surface area contributed by atoms with Crippen molar-refractivity contribution in [1.29, 1.82) is 0 Å². The summed E-state index contributed by atoms with van der Waals surface area (Å²) in [5.41, 5.74) is 1.57. The Morgan fingerprint density at radius 2 is 2.00 bits per heavy atom. The largest absolute Gasteiger partial charge is 0.497 e. The highest BCUT2D eigenvalue weighted by molar-refractivity contribution is 7.87. The lowest BCUT2D eigenvalue weighted by molar-refractivity contribution is -0.141. The van der Waals surface area contributed by atoms with Crippen LogP contribution in [0.5, 0.6) is 5.75 Å². The molecule has 0 N–H and O–H groups in total. The Balaban J connectivity index is 1.78. The molecule has 4 nitrogen and oxygen atoms in total. The van der Waals surface area contributed by atoms with Crippen LogP contribution in [0.15, 0.2) is 52.3 Å². The van der Waals surface area contributed by atoms with Crippen LogP contribution in [0.3, 0.4) is 0 Å². The van der Waals surface area contributed by atoms with Gasteiger partial charge in [0.15, 0.2) is 0 Å². The highest BCUT2D eigenvalue weighted by Crippen LogP contribution is 2.32. The first-order chi connectivity index (χ1) is 13.3. The first-order valence-electron chi connectivity index (χ1n) is 8.27. The number of hydrogen-bond acceptors (Lipinski definition) is 5. The number of thiazole rings is 1. The molecule has 2 heterocycles. The second-order valence-corrected chi connectivity index (χ2v) is 8.75. The van der Waals surface area contributed by atoms with Crippen molar-refractivity contribution < 1.29 is 17.9 Å². The molecule has 0 aliphatic carbocycles. The number of nitrogens with zero attached hydrogens (tertiary/aromatic N) is 3. The standard InChI is InChI=1S/C19H18F3N3OS2/c1-12(14-7-8-17(23-10-14)19(20,21)22)28(3)25-18-24-16(11-27-18)13-5-4-6-15(9-13)26-2/h4-12H,1-3H3. The molecule has 0 bridgehead atoms. The van der Waals surface area contributed by atoms with Crippen molar-refractivity contribution in [3.05, 3.63) is 59.2 Å². The van der Waals surface area contributed by atoms with Gasteiger partial charge in [-0.25, -0.2) is 4.98 Å². The van der Waals surface area contributed by atoms with Crippen molar-refractivity contribution in [2.24, 2.45) is 4.36 Å². The van der Waals surface area contributed by atoms with Crippen molar-refractivity contribution in [3.63, 3.8) is 0 Å². The Hall–Kier alpha value is -2.26. The fraction of sp³-hybridized carbons (Fsp3) is 0.263. The third kappa shape index (κ3) is 4.77. The average Bonchev–Trinajstić information content (AvgIpc) is 3.15. The fourth-order valence-corrected chi connectivity index (χ4v) is 4.49. The molecule has 1 aromatic carbocycles. The van der Waals surface area contributed by atoms with Crippen LogP contribution in [0.4, 0.5) is 18.3 Å². The van der Waals surface area contributed by atoms with Gasteiger partial charge in [0, 0.05) is 22.4 Å². The van der Waals surface area contributed by atoms with Gasteiger partial charge in [-0.15, -0.1) is 11.3 Å². The van der Waals surface area contributed by atoms with E-state index in [1.807, 2.05) is 42.8 Å². The maximum absolute atomic E-state index is 12.7. The highest BCUT2D eigenvalue weighted by atomic mass is 32.2. The van der Waals surface area contributed by atoms with Crippen LogP contribution in [0.2, 0.25) is 0 Å². The minimum absolute atomic E-state index is 0.0704. The van der Waals surface area contributed by atoms with E-state index in [1.54, 1.807) is 7.11 Å². The molecule has 2 unspecified atom stereocenters. The quantitative estimate of drug-likeness (QED) is 0.499. The van der Waals surface area contributed by atoms with Crippen LogP contribution in [0.1, 0.15) is 23.4 Å². The number of benzene rings is 1. The molecule has 0 fully saturated rings. The maximum Gasteiger partial charge on any atom is 0.433 e. The van der Waals surface area contributed by atoms with Crippen LogP contribution in [0, 0.1) is 0 Å². The molecule has 2 atom stereocenters. The van der Waals surface area contributed by atoms with Gasteiger partial charge in [-0.2, -0.15) is 17.5 Å². The monoisotopic (exact) mass is 425 g/mol. The zero-order valence-corrected chi connectivity index (χ0v) is 17.0. The van der Waals surface area contributed by atoms with Gasteiger partial charge in [0.05, 0.1) is 12.8 Å². The lowest BCUT2D eigenvalue weighted by atomic mass is 10.2. The molecule has 2 aromatic heterocycles. The molecule has 9 heteroatoms. The number of aromatic nitrogens is 2. The van der Waals surface area contributed by atoms with Crippen LogP contribution in [0.25, 0.3) is 11.3 Å². The molecule has 148 valence electrons. The van der Waals surface area contributed by atoms with E-state index in [-0.39, 0.29) is 5.25 Å². The summed E-state index contributed by atoms with van der Waals surface area (Å²) in [7, 11) is 1.15. The van der Waals surface area contributed by atoms with E-state index < -0.39 is 22.6 Å². The Kier molecular flexibility index (Phi) is 6.14. The lowest BCUT2D eigenvalue weighted by Gasteiger charge is -2.13. The van der Waals surface area contributed by atoms with E-state index in [2.05, 4.69) is 14.3 Å². The van der Waals surface area contributed by atoms with E-state index in [4.69, 9.17) is 4.74 Å². The average molecular weight is 426 g/mol. The fourth-order valence-electron chi connectivity index (χ4n) is 2.43. The maximum atomic E-state index is 12.7. The zero-order valence-electron chi connectivity index (χ0n) is 15.4. The van der Waals surface area contributed by atoms with Crippen LogP contribution in [-0.2, 0) is 16.9 Å². The Labute approximate surface area is 167 Å². The summed E-state index contributed by atoms with van der Waals surface area (Å²) in [4.78, 5) is 8.09. The molecule has 0 aliphatic heterocycles. The molecular weight excluding hydrogens is 407 g/mol. The number of halogens is 3. The van der Waals surface area contributed by atoms with E-state index in [9.17, 15) is 13.2 Å². The van der Waals surface area contributed by atoms with Crippen LogP contribution >= 0.6 is 11.3 Å². The van der Waals surface area contributed by atoms with Gasteiger partial charge in [-0.1, -0.05) is 28.9 Å². The summed E-state index contributed by atoms with van der Waals surface area (Å²) >= 11 is 1.43. The van der Waals surface area contributed by atoms with Crippen molar-refractivity contribution in [1.82, 2.24) is 9.97 Å². The summed E-state index contributed by atoms with van der Waals surface area (Å²) in [6.07, 6.45) is -1.22. The first kappa shape index (κ1) is 20.5. The Bertz CT molecular complexity index is 985. The lowest BCUT2D eigenvalue weighted by Crippen LogP contribution is -2.09. The van der Waals surface area contributed by atoms with Crippen LogP contribution < -0.4 is 4.74 Å². The van der Waals surface area contributed by atoms with Crippen molar-refractivity contribution >= 4 is 27.2 Å². The molecule has 0 saturated heterocycles. The van der Waals surface area contributed by atoms with Crippen molar-refractivity contribution in [2.45, 2.75) is 18.3 Å². The summed E-state index contributed by atoms with van der Waals surface area (Å²) in [6.45, 7) is 1.92. The molecule has 0 amide bonds. The predicted molar refractivity (Wildman–Crippen MR) is 107 cm³/mol. The Morgan fingerprint density at radius 3 is 2.64 bits per heavy atom. The molecule has 0 aliphatic rings. The van der Waals surface area contributed by atoms with Gasteiger partial charge >= 0.3 is 6.18 Å². The van der Waals surface area contributed by atoms with E-state index >= 15 is 0 Å². The third-order valence-electron chi connectivity index (χ3n) is 4.14. The van der Waals surface area contributed by atoms with E-state index in [1.165, 1.54) is 23.6 Å².